The minimum absolute atomic E-state index is 0.00999. The number of piperidine rings is 1. The Balaban J connectivity index is 1.64. The number of amides is 2. The van der Waals surface area contributed by atoms with Crippen molar-refractivity contribution in [3.05, 3.63) is 34.9 Å². The van der Waals surface area contributed by atoms with Crippen LogP contribution in [0.5, 0.6) is 0 Å². The lowest BCUT2D eigenvalue weighted by Crippen LogP contribution is -2.42. The van der Waals surface area contributed by atoms with Gasteiger partial charge in [-0.3, -0.25) is 4.79 Å². The molecule has 1 saturated heterocycles. The van der Waals surface area contributed by atoms with Gasteiger partial charge in [0.15, 0.2) is 0 Å². The van der Waals surface area contributed by atoms with Gasteiger partial charge in [0.2, 0.25) is 0 Å². The summed E-state index contributed by atoms with van der Waals surface area (Å²) in [6, 6.07) is 5.94. The quantitative estimate of drug-likeness (QED) is 0.783. The van der Waals surface area contributed by atoms with E-state index in [2.05, 4.69) is 21.6 Å². The zero-order valence-electron chi connectivity index (χ0n) is 17.9. The van der Waals surface area contributed by atoms with Gasteiger partial charge in [0.25, 0.3) is 5.91 Å². The molecule has 2 rings (SSSR count). The third-order valence-corrected chi connectivity index (χ3v) is 4.84. The first-order valence-electron chi connectivity index (χ1n) is 10.2. The number of nitrogens with one attached hydrogen (secondary N) is 2. The number of hydrogen-bond acceptors (Lipinski definition) is 4. The Labute approximate surface area is 169 Å². The Kier molecular flexibility index (Phi) is 7.87. The van der Waals surface area contributed by atoms with E-state index >= 15 is 0 Å². The first-order valence-corrected chi connectivity index (χ1v) is 10.2. The predicted molar refractivity (Wildman–Crippen MR) is 112 cm³/mol. The van der Waals surface area contributed by atoms with Gasteiger partial charge in [-0.1, -0.05) is 17.2 Å². The Hall–Kier alpha value is -2.08. The molecule has 0 saturated carbocycles. The second-order valence-corrected chi connectivity index (χ2v) is 8.80. The summed E-state index contributed by atoms with van der Waals surface area (Å²) < 4.78 is 5.24. The van der Waals surface area contributed by atoms with Crippen LogP contribution >= 0.6 is 0 Å². The molecule has 0 aromatic heterocycles. The fraction of sp³-hybridized carbons (Fsp3) is 0.636. The molecule has 0 aliphatic carbocycles. The smallest absolute Gasteiger partial charge is 0.407 e. The summed E-state index contributed by atoms with van der Waals surface area (Å²) in [5.74, 6) is 0.515. The van der Waals surface area contributed by atoms with Crippen LogP contribution in [0.25, 0.3) is 0 Å². The van der Waals surface area contributed by atoms with E-state index in [0.29, 0.717) is 12.5 Å². The second-order valence-electron chi connectivity index (χ2n) is 8.80. The summed E-state index contributed by atoms with van der Waals surface area (Å²) >= 11 is 0. The Bertz CT molecular complexity index is 654. The van der Waals surface area contributed by atoms with Crippen LogP contribution in [0, 0.1) is 19.8 Å². The molecular formula is C22H35N3O3. The minimum Gasteiger partial charge on any atom is -0.444 e. The van der Waals surface area contributed by atoms with Crippen LogP contribution in [-0.4, -0.2) is 55.2 Å². The maximum atomic E-state index is 12.4. The molecule has 28 heavy (non-hydrogen) atoms. The van der Waals surface area contributed by atoms with Crippen molar-refractivity contribution in [1.82, 2.24) is 15.5 Å². The molecule has 1 heterocycles. The lowest BCUT2D eigenvalue weighted by Gasteiger charge is -2.32. The molecule has 0 radical (unpaired) electrons. The van der Waals surface area contributed by atoms with Crippen LogP contribution in [0.4, 0.5) is 4.79 Å². The van der Waals surface area contributed by atoms with Gasteiger partial charge < -0.3 is 20.3 Å². The van der Waals surface area contributed by atoms with Crippen molar-refractivity contribution in [1.29, 1.82) is 0 Å². The number of alkyl carbamates (subject to hydrolysis) is 1. The summed E-state index contributed by atoms with van der Waals surface area (Å²) in [5, 5.41) is 5.89. The van der Waals surface area contributed by atoms with Crippen LogP contribution in [0.2, 0.25) is 0 Å². The van der Waals surface area contributed by atoms with Crippen molar-refractivity contribution in [3.8, 4) is 0 Å². The molecule has 0 bridgehead atoms. The predicted octanol–water partition coefficient (Wildman–Crippen LogP) is 3.27. The molecule has 1 aliphatic heterocycles. The van der Waals surface area contributed by atoms with Crippen LogP contribution in [0.1, 0.15) is 55.1 Å². The summed E-state index contributed by atoms with van der Waals surface area (Å²) in [5.41, 5.74) is 2.49. The number of ether oxygens (including phenoxy) is 1. The van der Waals surface area contributed by atoms with Crippen LogP contribution in [0.15, 0.2) is 18.2 Å². The topological polar surface area (TPSA) is 70.7 Å². The number of nitrogens with zero attached hydrogens (tertiary/aromatic N) is 1. The molecule has 156 valence electrons. The lowest BCUT2D eigenvalue weighted by molar-refractivity contribution is 0.0519. The van der Waals surface area contributed by atoms with Crippen molar-refractivity contribution >= 4 is 12.0 Å². The molecule has 6 heteroatoms. The van der Waals surface area contributed by atoms with E-state index in [4.69, 9.17) is 4.74 Å². The molecule has 0 unspecified atom stereocenters. The molecule has 2 N–H and O–H groups in total. The van der Waals surface area contributed by atoms with E-state index in [0.717, 1.165) is 55.7 Å². The van der Waals surface area contributed by atoms with Gasteiger partial charge in [-0.15, -0.1) is 0 Å². The molecule has 1 aromatic carbocycles. The minimum atomic E-state index is -0.468. The van der Waals surface area contributed by atoms with E-state index in [9.17, 15) is 9.59 Å². The summed E-state index contributed by atoms with van der Waals surface area (Å²) in [6.07, 6.45) is 1.75. The zero-order chi connectivity index (χ0) is 20.7. The number of likely N-dealkylation sites (tertiary alicyclic amines) is 1. The van der Waals surface area contributed by atoms with Gasteiger partial charge >= 0.3 is 6.09 Å². The fourth-order valence-corrected chi connectivity index (χ4v) is 3.49. The van der Waals surface area contributed by atoms with Gasteiger partial charge in [-0.2, -0.15) is 0 Å². The van der Waals surface area contributed by atoms with Crippen LogP contribution < -0.4 is 10.6 Å². The van der Waals surface area contributed by atoms with Gasteiger partial charge in [0, 0.05) is 25.2 Å². The normalized spacial score (nSPS) is 15.9. The van der Waals surface area contributed by atoms with Crippen molar-refractivity contribution in [3.63, 3.8) is 0 Å². The molecule has 0 atom stereocenters. The van der Waals surface area contributed by atoms with Crippen molar-refractivity contribution < 1.29 is 14.3 Å². The van der Waals surface area contributed by atoms with E-state index < -0.39 is 5.60 Å². The summed E-state index contributed by atoms with van der Waals surface area (Å²) in [4.78, 5) is 26.4. The highest BCUT2D eigenvalue weighted by molar-refractivity contribution is 5.94. The Morgan fingerprint density at radius 3 is 2.25 bits per heavy atom. The fourth-order valence-electron chi connectivity index (χ4n) is 3.49. The molecule has 1 aliphatic rings. The Morgan fingerprint density at radius 1 is 1.07 bits per heavy atom. The van der Waals surface area contributed by atoms with Gasteiger partial charge in [0.05, 0.1) is 0 Å². The number of hydrogen-bond donors (Lipinski definition) is 2. The van der Waals surface area contributed by atoms with Crippen molar-refractivity contribution in [2.75, 3.05) is 32.7 Å². The standard InChI is InChI=1S/C22H35N3O3/c1-16-12-17(2)14-19(13-16)20(26)24-15-18-6-9-25(10-7-18)11-8-23-21(27)28-22(3,4)5/h12-14,18H,6-11,15H2,1-5H3,(H,23,27)(H,24,26). The number of aryl methyl sites for hydroxylation is 2. The average Bonchev–Trinajstić information content (AvgIpc) is 2.58. The molecule has 1 fully saturated rings. The highest BCUT2D eigenvalue weighted by Gasteiger charge is 2.20. The van der Waals surface area contributed by atoms with Gasteiger partial charge in [0.1, 0.15) is 5.60 Å². The summed E-state index contributed by atoms with van der Waals surface area (Å²) in [7, 11) is 0. The zero-order valence-corrected chi connectivity index (χ0v) is 17.9. The Morgan fingerprint density at radius 2 is 1.68 bits per heavy atom. The van der Waals surface area contributed by atoms with Crippen LogP contribution in [-0.2, 0) is 4.74 Å². The molecule has 6 nitrogen and oxygen atoms in total. The third kappa shape index (κ3) is 7.89. The number of carbonyl (C=O) groups excluding carboxylic acids is 2. The maximum absolute atomic E-state index is 12.4. The average molecular weight is 390 g/mol. The molecule has 1 aromatic rings. The highest BCUT2D eigenvalue weighted by atomic mass is 16.6. The van der Waals surface area contributed by atoms with E-state index in [1.807, 2.05) is 46.8 Å². The van der Waals surface area contributed by atoms with E-state index in [1.165, 1.54) is 0 Å². The molecule has 0 spiro atoms. The van der Waals surface area contributed by atoms with Gasteiger partial charge in [-0.25, -0.2) is 4.79 Å². The number of benzene rings is 1. The lowest BCUT2D eigenvalue weighted by atomic mass is 9.96. The van der Waals surface area contributed by atoms with E-state index in [-0.39, 0.29) is 12.0 Å². The van der Waals surface area contributed by atoms with Crippen molar-refractivity contribution in [2.24, 2.45) is 5.92 Å². The molecular weight excluding hydrogens is 354 g/mol. The monoisotopic (exact) mass is 389 g/mol. The molecule has 2 amide bonds. The second kappa shape index (κ2) is 9.92. The van der Waals surface area contributed by atoms with Crippen LogP contribution in [0.3, 0.4) is 0 Å². The first kappa shape index (κ1) is 22.2. The largest absolute Gasteiger partial charge is 0.444 e. The van der Waals surface area contributed by atoms with Gasteiger partial charge in [-0.05, 0) is 78.6 Å². The first-order chi connectivity index (χ1) is 13.1. The van der Waals surface area contributed by atoms with E-state index in [1.54, 1.807) is 0 Å². The maximum Gasteiger partial charge on any atom is 0.407 e. The number of carbonyl (C=O) groups is 2. The van der Waals surface area contributed by atoms with Crippen molar-refractivity contribution in [2.45, 2.75) is 53.1 Å². The third-order valence-electron chi connectivity index (χ3n) is 4.84. The highest BCUT2D eigenvalue weighted by Crippen LogP contribution is 2.16. The number of rotatable bonds is 6. The SMILES string of the molecule is Cc1cc(C)cc(C(=O)NCC2CCN(CCNC(=O)OC(C)(C)C)CC2)c1. The summed E-state index contributed by atoms with van der Waals surface area (Å²) in [6.45, 7) is 13.7.